The van der Waals surface area contributed by atoms with Crippen LogP contribution in [0.4, 0.5) is 0 Å². The molecule has 0 bridgehead atoms. The Morgan fingerprint density at radius 1 is 0.444 bits per heavy atom. The Kier molecular flexibility index (Phi) is 21.2. The lowest BCUT2D eigenvalue weighted by molar-refractivity contribution is -0.890. The first-order valence-electron chi connectivity index (χ1n) is 12.5. The van der Waals surface area contributed by atoms with E-state index < -0.39 is 0 Å². The van der Waals surface area contributed by atoms with Gasteiger partial charge in [0.15, 0.2) is 0 Å². The zero-order chi connectivity index (χ0) is 20.1. The molecule has 0 saturated heterocycles. The Morgan fingerprint density at radius 2 is 0.741 bits per heavy atom. The highest BCUT2D eigenvalue weighted by Crippen LogP contribution is 2.14. The summed E-state index contributed by atoms with van der Waals surface area (Å²) in [6.45, 7) is 4.84. The van der Waals surface area contributed by atoms with E-state index in [1.165, 1.54) is 129 Å². The van der Waals surface area contributed by atoms with Crippen LogP contribution in [0.5, 0.6) is 0 Å². The molecular weight excluding hydrogens is 350 g/mol. The fourth-order valence-corrected chi connectivity index (χ4v) is 4.16. The van der Waals surface area contributed by atoms with Gasteiger partial charge in [0.2, 0.25) is 0 Å². The lowest BCUT2D eigenvalue weighted by Gasteiger charge is -2.29. The smallest absolute Gasteiger partial charge is 0.0794 e. The van der Waals surface area contributed by atoms with Crippen molar-refractivity contribution < 1.29 is 4.48 Å². The second kappa shape index (κ2) is 21.0. The summed E-state index contributed by atoms with van der Waals surface area (Å²) in [6, 6.07) is 0. The third-order valence-electron chi connectivity index (χ3n) is 6.01. The molecule has 0 spiro atoms. The minimum Gasteiger partial charge on any atom is -0.328 e. The number of rotatable bonds is 22. The van der Waals surface area contributed by atoms with Gasteiger partial charge in [-0.15, -0.1) is 11.6 Å². The van der Waals surface area contributed by atoms with Crippen molar-refractivity contribution in [3.63, 3.8) is 0 Å². The summed E-state index contributed by atoms with van der Waals surface area (Å²) >= 11 is 5.81. The van der Waals surface area contributed by atoms with E-state index in [1.807, 2.05) is 0 Å². The van der Waals surface area contributed by atoms with Crippen LogP contribution in [0.25, 0.3) is 0 Å². The molecular formula is C25H53ClN+. The van der Waals surface area contributed by atoms with Crippen molar-refractivity contribution in [3.05, 3.63) is 0 Å². The largest absolute Gasteiger partial charge is 0.328 e. The summed E-state index contributed by atoms with van der Waals surface area (Å²) in [6.07, 6.45) is 27.3. The van der Waals surface area contributed by atoms with E-state index in [4.69, 9.17) is 11.6 Å². The molecule has 0 atom stereocenters. The topological polar surface area (TPSA) is 0 Å². The molecule has 0 fully saturated rings. The maximum atomic E-state index is 5.81. The molecule has 0 aliphatic heterocycles. The lowest BCUT2D eigenvalue weighted by Crippen LogP contribution is -2.41. The number of quaternary nitrogens is 1. The van der Waals surface area contributed by atoms with Crippen LogP contribution < -0.4 is 0 Å². The minimum absolute atomic E-state index is 0.806. The first kappa shape index (κ1) is 27.2. The van der Waals surface area contributed by atoms with Crippen molar-refractivity contribution in [2.45, 2.75) is 129 Å². The number of hydrogen-bond donors (Lipinski definition) is 0. The van der Waals surface area contributed by atoms with E-state index in [0.717, 1.165) is 16.8 Å². The van der Waals surface area contributed by atoms with Crippen LogP contribution in [0.1, 0.15) is 129 Å². The first-order chi connectivity index (χ1) is 13.1. The van der Waals surface area contributed by atoms with Crippen molar-refractivity contribution in [2.24, 2.45) is 0 Å². The Labute approximate surface area is 178 Å². The van der Waals surface area contributed by atoms with Crippen molar-refractivity contribution in [3.8, 4) is 0 Å². The standard InChI is InChI=1S/C25H53ClN/c1-4-5-6-7-8-9-10-11-12-13-14-15-16-17-18-19-20-21-24-27(2,3)25-22-23-26/h4-25H2,1-3H3/q+1. The van der Waals surface area contributed by atoms with Crippen LogP contribution in [-0.4, -0.2) is 37.5 Å². The zero-order valence-electron chi connectivity index (χ0n) is 19.4. The van der Waals surface area contributed by atoms with Crippen LogP contribution >= 0.6 is 11.6 Å². The molecule has 0 N–H and O–H groups in total. The highest BCUT2D eigenvalue weighted by Gasteiger charge is 2.12. The van der Waals surface area contributed by atoms with Gasteiger partial charge in [0, 0.05) is 12.3 Å². The summed E-state index contributed by atoms with van der Waals surface area (Å²) in [5.41, 5.74) is 0. The van der Waals surface area contributed by atoms with Crippen molar-refractivity contribution >= 4 is 11.6 Å². The van der Waals surface area contributed by atoms with Crippen LogP contribution in [0.15, 0.2) is 0 Å². The van der Waals surface area contributed by atoms with E-state index in [1.54, 1.807) is 0 Å². The van der Waals surface area contributed by atoms with Gasteiger partial charge in [-0.25, -0.2) is 0 Å². The Hall–Kier alpha value is 0.250. The zero-order valence-corrected chi connectivity index (χ0v) is 20.1. The average Bonchev–Trinajstić information content (AvgIpc) is 2.65. The van der Waals surface area contributed by atoms with E-state index in [0.29, 0.717) is 0 Å². The first-order valence-corrected chi connectivity index (χ1v) is 13.0. The van der Waals surface area contributed by atoms with Gasteiger partial charge < -0.3 is 4.48 Å². The van der Waals surface area contributed by atoms with Gasteiger partial charge in [-0.05, 0) is 12.8 Å². The summed E-state index contributed by atoms with van der Waals surface area (Å²) in [5.74, 6) is 0.806. The molecule has 0 aromatic rings. The second-order valence-electron chi connectivity index (χ2n) is 9.44. The van der Waals surface area contributed by atoms with E-state index in [2.05, 4.69) is 21.0 Å². The predicted octanol–water partition coefficient (Wildman–Crippen LogP) is 8.73. The van der Waals surface area contributed by atoms with Gasteiger partial charge in [-0.3, -0.25) is 0 Å². The minimum atomic E-state index is 0.806. The third kappa shape index (κ3) is 22.4. The number of hydrogen-bond acceptors (Lipinski definition) is 0. The van der Waals surface area contributed by atoms with Gasteiger partial charge in [-0.2, -0.15) is 0 Å². The summed E-state index contributed by atoms with van der Waals surface area (Å²) < 4.78 is 1.14. The second-order valence-corrected chi connectivity index (χ2v) is 9.81. The van der Waals surface area contributed by atoms with E-state index >= 15 is 0 Å². The van der Waals surface area contributed by atoms with E-state index in [-0.39, 0.29) is 0 Å². The molecule has 0 aliphatic carbocycles. The summed E-state index contributed by atoms with van der Waals surface area (Å²) in [7, 11) is 4.69. The quantitative estimate of drug-likeness (QED) is 0.0963. The molecule has 0 aromatic heterocycles. The molecule has 0 radical (unpaired) electrons. The van der Waals surface area contributed by atoms with Gasteiger partial charge in [0.1, 0.15) is 0 Å². The average molecular weight is 403 g/mol. The predicted molar refractivity (Wildman–Crippen MR) is 126 cm³/mol. The molecule has 0 aliphatic rings. The number of alkyl halides is 1. The molecule has 0 saturated carbocycles. The molecule has 0 rings (SSSR count). The molecule has 27 heavy (non-hydrogen) atoms. The maximum Gasteiger partial charge on any atom is 0.0794 e. The summed E-state index contributed by atoms with van der Waals surface area (Å²) in [5, 5.41) is 0. The lowest BCUT2D eigenvalue weighted by atomic mass is 10.0. The Bertz CT molecular complexity index is 277. The third-order valence-corrected chi connectivity index (χ3v) is 6.28. The normalized spacial score (nSPS) is 12.0. The van der Waals surface area contributed by atoms with Crippen molar-refractivity contribution in [2.75, 3.05) is 33.1 Å². The van der Waals surface area contributed by atoms with Crippen LogP contribution in [-0.2, 0) is 0 Å². The number of nitrogens with zero attached hydrogens (tertiary/aromatic N) is 1. The number of halogens is 1. The fraction of sp³-hybridized carbons (Fsp3) is 1.00. The Morgan fingerprint density at radius 3 is 1.07 bits per heavy atom. The van der Waals surface area contributed by atoms with Crippen molar-refractivity contribution in [1.29, 1.82) is 0 Å². The monoisotopic (exact) mass is 402 g/mol. The molecule has 2 heteroatoms. The van der Waals surface area contributed by atoms with Crippen LogP contribution in [0, 0.1) is 0 Å². The van der Waals surface area contributed by atoms with Crippen molar-refractivity contribution in [1.82, 2.24) is 0 Å². The van der Waals surface area contributed by atoms with Crippen LogP contribution in [0.3, 0.4) is 0 Å². The molecule has 164 valence electrons. The Balaban J connectivity index is 3.13. The SMILES string of the molecule is CCCCCCCCCCCCCCCCCCCC[N+](C)(C)CCCCl. The molecule has 0 amide bonds. The summed E-state index contributed by atoms with van der Waals surface area (Å²) in [4.78, 5) is 0. The van der Waals surface area contributed by atoms with E-state index in [9.17, 15) is 0 Å². The van der Waals surface area contributed by atoms with Crippen LogP contribution in [0.2, 0.25) is 0 Å². The van der Waals surface area contributed by atoms with Gasteiger partial charge >= 0.3 is 0 Å². The van der Waals surface area contributed by atoms with Gasteiger partial charge in [0.25, 0.3) is 0 Å². The molecule has 0 aromatic carbocycles. The highest BCUT2D eigenvalue weighted by molar-refractivity contribution is 6.17. The maximum absolute atomic E-state index is 5.81. The fourth-order valence-electron chi connectivity index (χ4n) is 4.04. The molecule has 1 nitrogen and oxygen atoms in total. The molecule has 0 unspecified atom stereocenters. The highest BCUT2D eigenvalue weighted by atomic mass is 35.5. The number of unbranched alkanes of at least 4 members (excludes halogenated alkanes) is 17. The molecule has 0 heterocycles. The van der Waals surface area contributed by atoms with Gasteiger partial charge in [-0.1, -0.05) is 110 Å². The van der Waals surface area contributed by atoms with Gasteiger partial charge in [0.05, 0.1) is 27.2 Å².